The highest BCUT2D eigenvalue weighted by Crippen LogP contribution is 2.33. The van der Waals surface area contributed by atoms with Crippen LogP contribution in [0, 0.1) is 5.92 Å². The van der Waals surface area contributed by atoms with Crippen LogP contribution in [0.2, 0.25) is 10.0 Å². The summed E-state index contributed by atoms with van der Waals surface area (Å²) in [5.74, 6) is -0.0437. The molecule has 0 radical (unpaired) electrons. The Bertz CT molecular complexity index is 670. The SMILES string of the molecule is CC(NC(=O)N1CC(=O)N(c2cc(Cl)cc(Cl)c2)C1=O)C1CC1. The van der Waals surface area contributed by atoms with Gasteiger partial charge in [-0.05, 0) is 43.9 Å². The average Bonchev–Trinajstić information content (AvgIpc) is 3.24. The van der Waals surface area contributed by atoms with Gasteiger partial charge in [-0.1, -0.05) is 23.2 Å². The lowest BCUT2D eigenvalue weighted by Crippen LogP contribution is -2.46. The zero-order valence-corrected chi connectivity index (χ0v) is 13.9. The van der Waals surface area contributed by atoms with E-state index in [9.17, 15) is 14.4 Å². The molecule has 0 bridgehead atoms. The predicted molar refractivity (Wildman–Crippen MR) is 86.8 cm³/mol. The molecule has 3 rings (SSSR count). The van der Waals surface area contributed by atoms with Crippen molar-refractivity contribution in [3.05, 3.63) is 28.2 Å². The van der Waals surface area contributed by atoms with Gasteiger partial charge in [0.1, 0.15) is 6.54 Å². The molecule has 1 unspecified atom stereocenters. The van der Waals surface area contributed by atoms with Gasteiger partial charge in [-0.25, -0.2) is 19.4 Å². The van der Waals surface area contributed by atoms with Crippen molar-refractivity contribution in [2.45, 2.75) is 25.8 Å². The lowest BCUT2D eigenvalue weighted by molar-refractivity contribution is -0.116. The molecule has 122 valence electrons. The van der Waals surface area contributed by atoms with Crippen LogP contribution in [0.5, 0.6) is 0 Å². The quantitative estimate of drug-likeness (QED) is 0.845. The molecule has 2 aliphatic rings. The van der Waals surface area contributed by atoms with E-state index in [0.29, 0.717) is 16.0 Å². The minimum absolute atomic E-state index is 0.0138. The first kappa shape index (κ1) is 16.1. The first-order valence-electron chi connectivity index (χ1n) is 7.28. The normalized spacial score (nSPS) is 19.3. The van der Waals surface area contributed by atoms with E-state index in [4.69, 9.17) is 23.2 Å². The number of carbonyl (C=O) groups excluding carboxylic acids is 3. The maximum Gasteiger partial charge on any atom is 0.340 e. The van der Waals surface area contributed by atoms with E-state index in [-0.39, 0.29) is 18.3 Å². The first-order valence-corrected chi connectivity index (χ1v) is 8.03. The van der Waals surface area contributed by atoms with Gasteiger partial charge in [-0.3, -0.25) is 4.79 Å². The molecule has 6 nitrogen and oxygen atoms in total. The second kappa shape index (κ2) is 6.02. The molecule has 1 aliphatic carbocycles. The highest BCUT2D eigenvalue weighted by atomic mass is 35.5. The van der Waals surface area contributed by atoms with Crippen LogP contribution in [0.3, 0.4) is 0 Å². The van der Waals surface area contributed by atoms with Crippen LogP contribution < -0.4 is 10.2 Å². The van der Waals surface area contributed by atoms with Crippen molar-refractivity contribution >= 4 is 46.9 Å². The third-order valence-corrected chi connectivity index (χ3v) is 4.43. The van der Waals surface area contributed by atoms with Crippen molar-refractivity contribution in [1.82, 2.24) is 10.2 Å². The molecule has 1 atom stereocenters. The number of halogens is 2. The summed E-state index contributed by atoms with van der Waals surface area (Å²) in [6.07, 6.45) is 2.14. The zero-order valence-electron chi connectivity index (χ0n) is 12.4. The second-order valence-corrected chi connectivity index (χ2v) is 6.67. The Kier molecular flexibility index (Phi) is 4.21. The van der Waals surface area contributed by atoms with Crippen LogP contribution in [-0.4, -0.2) is 35.5 Å². The third kappa shape index (κ3) is 3.28. The summed E-state index contributed by atoms with van der Waals surface area (Å²) < 4.78 is 0. The van der Waals surface area contributed by atoms with E-state index >= 15 is 0 Å². The van der Waals surface area contributed by atoms with Crippen LogP contribution in [0.4, 0.5) is 15.3 Å². The van der Waals surface area contributed by atoms with Crippen molar-refractivity contribution in [2.75, 3.05) is 11.4 Å². The summed E-state index contributed by atoms with van der Waals surface area (Å²) in [7, 11) is 0. The fraction of sp³-hybridized carbons (Fsp3) is 0.400. The number of imide groups is 2. The molecule has 1 aromatic carbocycles. The van der Waals surface area contributed by atoms with E-state index in [1.165, 1.54) is 18.2 Å². The molecule has 0 spiro atoms. The minimum Gasteiger partial charge on any atom is -0.335 e. The molecule has 5 amide bonds. The molecule has 2 fully saturated rings. The number of amides is 5. The van der Waals surface area contributed by atoms with Gasteiger partial charge in [0.25, 0.3) is 5.91 Å². The molecule has 1 saturated heterocycles. The molecule has 1 saturated carbocycles. The molecule has 1 aromatic rings. The second-order valence-electron chi connectivity index (χ2n) is 5.80. The molecular formula is C15H15Cl2N3O3. The number of hydrogen-bond acceptors (Lipinski definition) is 3. The maximum absolute atomic E-state index is 12.4. The summed E-state index contributed by atoms with van der Waals surface area (Å²) in [6.45, 7) is 1.60. The monoisotopic (exact) mass is 355 g/mol. The van der Waals surface area contributed by atoms with E-state index < -0.39 is 18.0 Å². The summed E-state index contributed by atoms with van der Waals surface area (Å²) >= 11 is 11.8. The van der Waals surface area contributed by atoms with Gasteiger partial charge in [0.05, 0.1) is 5.69 Å². The van der Waals surface area contributed by atoms with E-state index in [0.717, 1.165) is 22.6 Å². The third-order valence-electron chi connectivity index (χ3n) is 4.00. The van der Waals surface area contributed by atoms with Gasteiger partial charge in [0.15, 0.2) is 0 Å². The molecule has 1 aliphatic heterocycles. The van der Waals surface area contributed by atoms with Gasteiger partial charge in [-0.15, -0.1) is 0 Å². The van der Waals surface area contributed by atoms with Gasteiger partial charge in [0, 0.05) is 16.1 Å². The highest BCUT2D eigenvalue weighted by molar-refractivity contribution is 6.35. The lowest BCUT2D eigenvalue weighted by Gasteiger charge is -2.19. The van der Waals surface area contributed by atoms with Gasteiger partial charge in [-0.2, -0.15) is 0 Å². The van der Waals surface area contributed by atoms with Crippen LogP contribution >= 0.6 is 23.2 Å². The highest BCUT2D eigenvalue weighted by Gasteiger charge is 2.42. The van der Waals surface area contributed by atoms with Crippen LogP contribution in [0.25, 0.3) is 0 Å². The standard InChI is InChI=1S/C15H15Cl2N3O3/c1-8(9-2-3-9)18-14(22)19-7-13(21)20(15(19)23)12-5-10(16)4-11(17)6-12/h4-6,8-9H,2-3,7H2,1H3,(H,18,22). The first-order chi connectivity index (χ1) is 10.9. The van der Waals surface area contributed by atoms with Crippen molar-refractivity contribution in [3.8, 4) is 0 Å². The van der Waals surface area contributed by atoms with Crippen molar-refractivity contribution in [1.29, 1.82) is 0 Å². The van der Waals surface area contributed by atoms with Crippen LogP contribution in [0.1, 0.15) is 19.8 Å². The Morgan fingerprint density at radius 3 is 2.39 bits per heavy atom. The molecular weight excluding hydrogens is 341 g/mol. The number of urea groups is 2. The minimum atomic E-state index is -0.700. The zero-order chi connectivity index (χ0) is 16.7. The number of nitrogens with one attached hydrogen (secondary N) is 1. The van der Waals surface area contributed by atoms with Crippen molar-refractivity contribution in [2.24, 2.45) is 5.92 Å². The number of carbonyl (C=O) groups is 3. The number of anilines is 1. The van der Waals surface area contributed by atoms with Crippen molar-refractivity contribution < 1.29 is 14.4 Å². The molecule has 1 N–H and O–H groups in total. The molecule has 23 heavy (non-hydrogen) atoms. The van der Waals surface area contributed by atoms with Crippen LogP contribution in [-0.2, 0) is 4.79 Å². The number of nitrogens with zero attached hydrogens (tertiary/aromatic N) is 2. The van der Waals surface area contributed by atoms with Gasteiger partial charge >= 0.3 is 12.1 Å². The Morgan fingerprint density at radius 2 is 1.83 bits per heavy atom. The summed E-state index contributed by atoms with van der Waals surface area (Å²) in [6, 6.07) is 3.14. The Balaban J connectivity index is 1.77. The van der Waals surface area contributed by atoms with Crippen molar-refractivity contribution in [3.63, 3.8) is 0 Å². The van der Waals surface area contributed by atoms with Crippen LogP contribution in [0.15, 0.2) is 18.2 Å². The number of benzene rings is 1. The fourth-order valence-corrected chi connectivity index (χ4v) is 3.08. The summed E-state index contributed by atoms with van der Waals surface area (Å²) in [5, 5.41) is 3.37. The Hall–Kier alpha value is -1.79. The van der Waals surface area contributed by atoms with Gasteiger partial charge in [0.2, 0.25) is 0 Å². The molecule has 0 aromatic heterocycles. The largest absolute Gasteiger partial charge is 0.340 e. The smallest absolute Gasteiger partial charge is 0.335 e. The molecule has 8 heteroatoms. The average molecular weight is 356 g/mol. The fourth-order valence-electron chi connectivity index (χ4n) is 2.57. The van der Waals surface area contributed by atoms with E-state index in [2.05, 4.69) is 5.32 Å². The summed E-state index contributed by atoms with van der Waals surface area (Å²) in [5.41, 5.74) is 0.253. The van der Waals surface area contributed by atoms with E-state index in [1.807, 2.05) is 6.92 Å². The number of rotatable bonds is 3. The van der Waals surface area contributed by atoms with E-state index in [1.54, 1.807) is 0 Å². The maximum atomic E-state index is 12.4. The topological polar surface area (TPSA) is 69.7 Å². The van der Waals surface area contributed by atoms with Gasteiger partial charge < -0.3 is 5.32 Å². The Labute approximate surface area is 143 Å². The summed E-state index contributed by atoms with van der Waals surface area (Å²) in [4.78, 5) is 38.6. The molecule has 1 heterocycles. The number of hydrogen-bond donors (Lipinski definition) is 1. The Morgan fingerprint density at radius 1 is 1.22 bits per heavy atom. The predicted octanol–water partition coefficient (Wildman–Crippen LogP) is 3.27. The lowest BCUT2D eigenvalue weighted by atomic mass is 10.2.